The van der Waals surface area contributed by atoms with Gasteiger partial charge in [0, 0.05) is 18.7 Å². The molecule has 5 aromatic rings. The molecule has 0 bridgehead atoms. The summed E-state index contributed by atoms with van der Waals surface area (Å²) < 4.78 is 5.59. The molecule has 2 aromatic heterocycles. The summed E-state index contributed by atoms with van der Waals surface area (Å²) in [6, 6.07) is 21.4. The third-order valence-electron chi connectivity index (χ3n) is 7.29. The van der Waals surface area contributed by atoms with E-state index in [0.717, 1.165) is 75.4 Å². The molecule has 0 saturated heterocycles. The number of fused-ring (bicyclic) bond motifs is 1. The lowest BCUT2D eigenvalue weighted by Crippen LogP contribution is -2.37. The fourth-order valence-electron chi connectivity index (χ4n) is 5.18. The number of aromatic amines is 2. The molecule has 0 atom stereocenters. The van der Waals surface area contributed by atoms with Crippen molar-refractivity contribution in [2.45, 2.75) is 66.2 Å². The fraction of sp³-hybridized carbons (Fsp3) is 0.361. The molecular weight excluding hydrogens is 576 g/mol. The van der Waals surface area contributed by atoms with E-state index in [1.165, 1.54) is 7.05 Å². The van der Waals surface area contributed by atoms with Crippen molar-refractivity contribution in [2.24, 2.45) is 11.6 Å². The zero-order valence-corrected chi connectivity index (χ0v) is 27.9. The highest BCUT2D eigenvalue weighted by Crippen LogP contribution is 2.29. The van der Waals surface area contributed by atoms with Crippen molar-refractivity contribution < 1.29 is 9.53 Å². The molecule has 6 N–H and O–H groups in total. The van der Waals surface area contributed by atoms with Gasteiger partial charge in [-0.3, -0.25) is 5.84 Å². The van der Waals surface area contributed by atoms with E-state index in [4.69, 9.17) is 10.6 Å². The van der Waals surface area contributed by atoms with Gasteiger partial charge < -0.3 is 25.3 Å². The average Bonchev–Trinajstić information content (AvgIpc) is 3.71. The number of amides is 1. The lowest BCUT2D eigenvalue weighted by atomic mass is 9.98. The number of H-pyrrole nitrogens is 2. The van der Waals surface area contributed by atoms with Gasteiger partial charge in [-0.15, -0.1) is 0 Å². The number of hydrazine groups is 1. The fourth-order valence-corrected chi connectivity index (χ4v) is 5.18. The molecule has 0 aliphatic heterocycles. The van der Waals surface area contributed by atoms with Crippen LogP contribution in [0.4, 0.5) is 4.79 Å². The van der Waals surface area contributed by atoms with Crippen LogP contribution in [0.15, 0.2) is 73.1 Å². The molecule has 0 aliphatic carbocycles. The molecule has 5 rings (SSSR count). The van der Waals surface area contributed by atoms with Gasteiger partial charge in [-0.2, -0.15) is 0 Å². The minimum Gasteiger partial charge on any atom is -0.444 e. The van der Waals surface area contributed by atoms with Crippen LogP contribution in [0.25, 0.3) is 44.4 Å². The van der Waals surface area contributed by atoms with Gasteiger partial charge in [0.15, 0.2) is 0 Å². The minimum atomic E-state index is -0.544. The SMILES string of the molecule is CCCN(N)Cc1ncc(-c2ccc(-c3ccc4cc(-c5cnc(CN(CCC)C(=O)OC(C)(C)C)[nH]5)ccc4c3)cc2)[nH]1.CN. The Balaban J connectivity index is 0.00000235. The molecule has 0 saturated carbocycles. The second-order valence-corrected chi connectivity index (χ2v) is 12.2. The standard InChI is InChI=1S/C35H43N7O2.CH5N/c1-6-16-41(34(43)44-35(3,4)5)22-32-37-21-31(40-32)29-15-14-27-18-26(12-13-28(27)19-29)24-8-10-25(11-9-24)30-20-38-33(39-30)23-42(36)17-7-2;1-2/h8-15,18-21H,6-7,16-17,22-23,36H2,1-5H3,(H,37,40)(H,38,39);2H2,1H3. The number of carbonyl (C=O) groups is 1. The quantitative estimate of drug-likeness (QED) is 0.0907. The number of imidazole rings is 2. The van der Waals surface area contributed by atoms with E-state index in [-0.39, 0.29) is 6.09 Å². The summed E-state index contributed by atoms with van der Waals surface area (Å²) in [6.45, 7) is 12.2. The number of nitrogens with zero attached hydrogens (tertiary/aromatic N) is 4. The largest absolute Gasteiger partial charge is 0.444 e. The zero-order valence-electron chi connectivity index (χ0n) is 27.9. The second kappa shape index (κ2) is 15.7. The number of rotatable bonds is 11. The third kappa shape index (κ3) is 9.03. The molecule has 1 amide bonds. The zero-order chi connectivity index (χ0) is 33.3. The molecule has 0 unspecified atom stereocenters. The predicted molar refractivity (Wildman–Crippen MR) is 186 cm³/mol. The lowest BCUT2D eigenvalue weighted by Gasteiger charge is -2.26. The molecular formula is C36H48N8O2. The number of hydrogen-bond donors (Lipinski definition) is 4. The Bertz CT molecular complexity index is 1700. The highest BCUT2D eigenvalue weighted by molar-refractivity contribution is 5.90. The van der Waals surface area contributed by atoms with Gasteiger partial charge in [0.1, 0.15) is 17.2 Å². The highest BCUT2D eigenvalue weighted by atomic mass is 16.6. The Kier molecular flexibility index (Phi) is 11.7. The molecule has 0 fully saturated rings. The van der Waals surface area contributed by atoms with Crippen LogP contribution in [-0.4, -0.2) is 61.7 Å². The van der Waals surface area contributed by atoms with Crippen LogP contribution in [0.3, 0.4) is 0 Å². The molecule has 0 aliphatic rings. The van der Waals surface area contributed by atoms with Crippen LogP contribution in [0.1, 0.15) is 59.1 Å². The van der Waals surface area contributed by atoms with Crippen molar-refractivity contribution in [3.05, 3.63) is 84.7 Å². The summed E-state index contributed by atoms with van der Waals surface area (Å²) in [5.41, 5.74) is 10.3. The number of benzene rings is 3. The van der Waals surface area contributed by atoms with E-state index >= 15 is 0 Å². The first-order chi connectivity index (χ1) is 22.1. The van der Waals surface area contributed by atoms with Crippen molar-refractivity contribution in [3.8, 4) is 33.6 Å². The van der Waals surface area contributed by atoms with Crippen LogP contribution in [0, 0.1) is 0 Å². The van der Waals surface area contributed by atoms with E-state index in [0.29, 0.717) is 19.6 Å². The number of ether oxygens (including phenoxy) is 1. The highest BCUT2D eigenvalue weighted by Gasteiger charge is 2.22. The number of carbonyl (C=O) groups excluding carboxylic acids is 1. The second-order valence-electron chi connectivity index (χ2n) is 12.2. The predicted octanol–water partition coefficient (Wildman–Crippen LogP) is 7.09. The topological polar surface area (TPSA) is 142 Å². The summed E-state index contributed by atoms with van der Waals surface area (Å²) in [7, 11) is 1.50. The first-order valence-corrected chi connectivity index (χ1v) is 15.9. The Morgan fingerprint density at radius 3 is 1.83 bits per heavy atom. The first kappa shape index (κ1) is 34.4. The Morgan fingerprint density at radius 1 is 0.739 bits per heavy atom. The molecule has 0 spiro atoms. The van der Waals surface area contributed by atoms with Crippen LogP contribution in [0.5, 0.6) is 0 Å². The minimum absolute atomic E-state index is 0.328. The van der Waals surface area contributed by atoms with Crippen molar-refractivity contribution in [3.63, 3.8) is 0 Å². The van der Waals surface area contributed by atoms with Crippen molar-refractivity contribution in [1.29, 1.82) is 0 Å². The summed E-state index contributed by atoms with van der Waals surface area (Å²) in [4.78, 5) is 30.2. The van der Waals surface area contributed by atoms with Crippen molar-refractivity contribution in [2.75, 3.05) is 20.1 Å². The van der Waals surface area contributed by atoms with Crippen molar-refractivity contribution in [1.82, 2.24) is 29.8 Å². The summed E-state index contributed by atoms with van der Waals surface area (Å²) in [5.74, 6) is 7.61. The number of nitrogens with two attached hydrogens (primary N) is 2. The van der Waals surface area contributed by atoms with Crippen LogP contribution in [-0.2, 0) is 17.8 Å². The molecule has 2 heterocycles. The normalized spacial score (nSPS) is 11.4. The van der Waals surface area contributed by atoms with Gasteiger partial charge in [0.25, 0.3) is 0 Å². The maximum absolute atomic E-state index is 12.7. The first-order valence-electron chi connectivity index (χ1n) is 15.9. The Hall–Kier alpha value is -4.51. The number of aromatic nitrogens is 4. The molecule has 46 heavy (non-hydrogen) atoms. The van der Waals surface area contributed by atoms with E-state index in [9.17, 15) is 4.79 Å². The van der Waals surface area contributed by atoms with Crippen LogP contribution >= 0.6 is 0 Å². The van der Waals surface area contributed by atoms with Gasteiger partial charge in [-0.05, 0) is 80.3 Å². The summed E-state index contributed by atoms with van der Waals surface area (Å²) in [6.07, 6.45) is 5.20. The van der Waals surface area contributed by atoms with E-state index < -0.39 is 5.60 Å². The van der Waals surface area contributed by atoms with Crippen LogP contribution < -0.4 is 11.6 Å². The van der Waals surface area contributed by atoms with Crippen molar-refractivity contribution >= 4 is 16.9 Å². The monoisotopic (exact) mass is 624 g/mol. The molecule has 10 nitrogen and oxygen atoms in total. The maximum atomic E-state index is 12.7. The van der Waals surface area contributed by atoms with Crippen LogP contribution in [0.2, 0.25) is 0 Å². The molecule has 10 heteroatoms. The average molecular weight is 625 g/mol. The maximum Gasteiger partial charge on any atom is 0.410 e. The molecule has 3 aromatic carbocycles. The van der Waals surface area contributed by atoms with Gasteiger partial charge >= 0.3 is 6.09 Å². The van der Waals surface area contributed by atoms with E-state index in [1.807, 2.05) is 40.1 Å². The molecule has 244 valence electrons. The van der Waals surface area contributed by atoms with Gasteiger partial charge in [0.05, 0.1) is 36.9 Å². The van der Waals surface area contributed by atoms with Gasteiger partial charge in [-0.25, -0.2) is 19.8 Å². The van der Waals surface area contributed by atoms with E-state index in [1.54, 1.807) is 9.91 Å². The van der Waals surface area contributed by atoms with Gasteiger partial charge in [0.2, 0.25) is 0 Å². The lowest BCUT2D eigenvalue weighted by molar-refractivity contribution is 0.0229. The summed E-state index contributed by atoms with van der Waals surface area (Å²) in [5, 5.41) is 4.07. The van der Waals surface area contributed by atoms with Gasteiger partial charge in [-0.1, -0.05) is 62.4 Å². The molecule has 0 radical (unpaired) electrons. The number of nitrogens with one attached hydrogen (secondary N) is 2. The van der Waals surface area contributed by atoms with E-state index in [2.05, 4.69) is 93.3 Å². The number of hydrogen-bond acceptors (Lipinski definition) is 7. The Morgan fingerprint density at radius 2 is 1.24 bits per heavy atom. The smallest absolute Gasteiger partial charge is 0.410 e. The summed E-state index contributed by atoms with van der Waals surface area (Å²) >= 11 is 0. The Labute approximate surface area is 272 Å². The third-order valence-corrected chi connectivity index (χ3v) is 7.29.